The maximum absolute atomic E-state index is 12.3. The van der Waals surface area contributed by atoms with Crippen LogP contribution in [0.3, 0.4) is 0 Å². The molecule has 0 aromatic heterocycles. The van der Waals surface area contributed by atoms with Crippen molar-refractivity contribution in [2.45, 2.75) is 72.1 Å². The van der Waals surface area contributed by atoms with Crippen LogP contribution in [0.5, 0.6) is 0 Å². The SMILES string of the molecule is CC(=O)[C@H]1CC[C@H]2[C@@H]3CC=C4C=C(C5=CC=CC5)CC[C@]4(C)[C@H]3CC[C@]12C. The van der Waals surface area contributed by atoms with Gasteiger partial charge in [-0.1, -0.05) is 44.2 Å². The molecule has 0 radical (unpaired) electrons. The van der Waals surface area contributed by atoms with Crippen LogP contribution in [0.25, 0.3) is 0 Å². The van der Waals surface area contributed by atoms with Crippen LogP contribution in [0.4, 0.5) is 0 Å². The van der Waals surface area contributed by atoms with Crippen LogP contribution in [0.15, 0.2) is 47.1 Å². The lowest BCUT2D eigenvalue weighted by Crippen LogP contribution is -2.49. The van der Waals surface area contributed by atoms with Gasteiger partial charge in [0, 0.05) is 5.92 Å². The predicted octanol–water partition coefficient (Wildman–Crippen LogP) is 6.58. The Balaban J connectivity index is 1.46. The van der Waals surface area contributed by atoms with Crippen LogP contribution in [-0.2, 0) is 4.79 Å². The second-order valence-electron chi connectivity index (χ2n) is 10.5. The minimum absolute atomic E-state index is 0.269. The lowest BCUT2D eigenvalue weighted by Gasteiger charge is -2.57. The van der Waals surface area contributed by atoms with E-state index in [1.165, 1.54) is 44.1 Å². The van der Waals surface area contributed by atoms with Gasteiger partial charge in [-0.3, -0.25) is 4.79 Å². The highest BCUT2D eigenvalue weighted by Gasteiger charge is 2.58. The standard InChI is InChI=1S/C26H34O/c1-17(27)22-10-11-23-21-9-8-20-16-19(18-6-4-5-7-18)12-14-25(20,2)24(21)13-15-26(22,23)3/h4-6,8,16,21-24H,7,9-15H2,1-3H3/t21-,22+,23-,24-,25-,26+/m0/s1. The molecule has 0 amide bonds. The van der Waals surface area contributed by atoms with E-state index in [0.29, 0.717) is 17.1 Å². The molecule has 0 heterocycles. The third-order valence-electron chi connectivity index (χ3n) is 9.44. The Morgan fingerprint density at radius 3 is 2.67 bits per heavy atom. The van der Waals surface area contributed by atoms with E-state index in [1.54, 1.807) is 11.1 Å². The monoisotopic (exact) mass is 362 g/mol. The van der Waals surface area contributed by atoms with Crippen LogP contribution >= 0.6 is 0 Å². The largest absolute Gasteiger partial charge is 0.300 e. The van der Waals surface area contributed by atoms with Crippen LogP contribution in [0.1, 0.15) is 72.1 Å². The number of Topliss-reactive ketones (excluding diaryl/α,β-unsaturated/α-hetero) is 1. The van der Waals surface area contributed by atoms with Gasteiger partial charge in [0.15, 0.2) is 0 Å². The Labute approximate surface area is 164 Å². The predicted molar refractivity (Wildman–Crippen MR) is 111 cm³/mol. The molecule has 0 bridgehead atoms. The number of fused-ring (bicyclic) bond motifs is 5. The normalized spacial score (nSPS) is 45.4. The molecule has 0 aromatic rings. The molecule has 0 spiro atoms. The molecule has 1 nitrogen and oxygen atoms in total. The average Bonchev–Trinajstić information content (AvgIpc) is 3.28. The summed E-state index contributed by atoms with van der Waals surface area (Å²) < 4.78 is 0. The van der Waals surface area contributed by atoms with Gasteiger partial charge in [-0.15, -0.1) is 0 Å². The zero-order valence-corrected chi connectivity index (χ0v) is 17.3. The summed E-state index contributed by atoms with van der Waals surface area (Å²) in [6, 6.07) is 0. The summed E-state index contributed by atoms with van der Waals surface area (Å²) in [5, 5.41) is 0. The summed E-state index contributed by atoms with van der Waals surface area (Å²) >= 11 is 0. The number of ketones is 1. The first-order chi connectivity index (χ1) is 12.9. The Kier molecular flexibility index (Phi) is 3.98. The van der Waals surface area contributed by atoms with Gasteiger partial charge in [-0.05, 0) is 104 Å². The zero-order chi connectivity index (χ0) is 18.8. The Morgan fingerprint density at radius 2 is 1.93 bits per heavy atom. The minimum atomic E-state index is 0.269. The molecule has 0 N–H and O–H groups in total. The molecule has 5 aliphatic rings. The van der Waals surface area contributed by atoms with Gasteiger partial charge in [0.25, 0.3) is 0 Å². The molecule has 0 unspecified atom stereocenters. The van der Waals surface area contributed by atoms with Gasteiger partial charge in [0.2, 0.25) is 0 Å². The number of hydrogen-bond acceptors (Lipinski definition) is 1. The van der Waals surface area contributed by atoms with Gasteiger partial charge in [0.05, 0.1) is 0 Å². The van der Waals surface area contributed by atoms with Crippen molar-refractivity contribution < 1.29 is 4.79 Å². The summed E-state index contributed by atoms with van der Waals surface area (Å²) in [6.45, 7) is 6.85. The van der Waals surface area contributed by atoms with Crippen molar-refractivity contribution in [3.8, 4) is 0 Å². The summed E-state index contributed by atoms with van der Waals surface area (Å²) in [7, 11) is 0. The van der Waals surface area contributed by atoms with Crippen LogP contribution in [0, 0.1) is 34.5 Å². The smallest absolute Gasteiger partial charge is 0.133 e. The van der Waals surface area contributed by atoms with Crippen molar-refractivity contribution in [1.29, 1.82) is 0 Å². The molecule has 5 rings (SSSR count). The number of hydrogen-bond donors (Lipinski definition) is 0. The molecule has 2 saturated carbocycles. The third-order valence-corrected chi connectivity index (χ3v) is 9.44. The van der Waals surface area contributed by atoms with Crippen LogP contribution < -0.4 is 0 Å². The van der Waals surface area contributed by atoms with Crippen molar-refractivity contribution in [2.75, 3.05) is 0 Å². The van der Waals surface area contributed by atoms with Crippen LogP contribution in [0.2, 0.25) is 0 Å². The molecule has 27 heavy (non-hydrogen) atoms. The average molecular weight is 363 g/mol. The first kappa shape index (κ1) is 17.7. The zero-order valence-electron chi connectivity index (χ0n) is 17.3. The van der Waals surface area contributed by atoms with Gasteiger partial charge >= 0.3 is 0 Å². The van der Waals surface area contributed by atoms with Crippen molar-refractivity contribution in [3.05, 3.63) is 47.1 Å². The lowest BCUT2D eigenvalue weighted by atomic mass is 9.47. The van der Waals surface area contributed by atoms with Gasteiger partial charge in [-0.2, -0.15) is 0 Å². The van der Waals surface area contributed by atoms with E-state index in [9.17, 15) is 4.79 Å². The minimum Gasteiger partial charge on any atom is -0.300 e. The molecule has 1 heteroatoms. The first-order valence-corrected chi connectivity index (χ1v) is 11.2. The number of carbonyl (C=O) groups is 1. The summed E-state index contributed by atoms with van der Waals surface area (Å²) in [4.78, 5) is 12.3. The number of allylic oxidation sites excluding steroid dienone is 8. The number of rotatable bonds is 2. The van der Waals surface area contributed by atoms with Crippen LogP contribution in [-0.4, -0.2) is 5.78 Å². The maximum atomic E-state index is 12.3. The Hall–Kier alpha value is -1.37. The van der Waals surface area contributed by atoms with Gasteiger partial charge < -0.3 is 0 Å². The van der Waals surface area contributed by atoms with Gasteiger partial charge in [0.1, 0.15) is 5.78 Å². The summed E-state index contributed by atoms with van der Waals surface area (Å²) in [5.74, 6) is 3.13. The van der Waals surface area contributed by atoms with E-state index in [-0.39, 0.29) is 5.41 Å². The fraction of sp³-hybridized carbons (Fsp3) is 0.654. The van der Waals surface area contributed by atoms with E-state index in [1.807, 2.05) is 6.92 Å². The lowest BCUT2D eigenvalue weighted by molar-refractivity contribution is -0.127. The van der Waals surface area contributed by atoms with Crippen molar-refractivity contribution >= 4 is 5.78 Å². The second kappa shape index (κ2) is 6.06. The molecule has 0 aliphatic heterocycles. The third kappa shape index (κ3) is 2.46. The summed E-state index contributed by atoms with van der Waals surface area (Å²) in [5.41, 5.74) is 5.37. The fourth-order valence-corrected chi connectivity index (χ4v) is 7.93. The van der Waals surface area contributed by atoms with E-state index in [2.05, 4.69) is 44.2 Å². The highest BCUT2D eigenvalue weighted by Crippen LogP contribution is 2.66. The molecular weight excluding hydrogens is 328 g/mol. The molecule has 2 fully saturated rings. The van der Waals surface area contributed by atoms with Crippen molar-refractivity contribution in [2.24, 2.45) is 34.5 Å². The molecular formula is C26H34O. The highest BCUT2D eigenvalue weighted by atomic mass is 16.1. The van der Waals surface area contributed by atoms with E-state index < -0.39 is 0 Å². The van der Waals surface area contributed by atoms with E-state index in [4.69, 9.17) is 0 Å². The molecule has 5 aliphatic carbocycles. The number of carbonyl (C=O) groups excluding carboxylic acids is 1. The molecule has 0 aromatic carbocycles. The first-order valence-electron chi connectivity index (χ1n) is 11.2. The molecule has 0 saturated heterocycles. The Bertz CT molecular complexity index is 793. The van der Waals surface area contributed by atoms with Crippen molar-refractivity contribution in [1.82, 2.24) is 0 Å². The Morgan fingerprint density at radius 1 is 1.07 bits per heavy atom. The topological polar surface area (TPSA) is 17.1 Å². The molecule has 144 valence electrons. The fourth-order valence-electron chi connectivity index (χ4n) is 7.93. The second-order valence-corrected chi connectivity index (χ2v) is 10.5. The quantitative estimate of drug-likeness (QED) is 0.542. The summed E-state index contributed by atoms with van der Waals surface area (Å²) in [6.07, 6.45) is 21.9. The highest BCUT2D eigenvalue weighted by molar-refractivity contribution is 5.79. The maximum Gasteiger partial charge on any atom is 0.133 e. The van der Waals surface area contributed by atoms with Crippen molar-refractivity contribution in [3.63, 3.8) is 0 Å². The van der Waals surface area contributed by atoms with E-state index >= 15 is 0 Å². The van der Waals surface area contributed by atoms with E-state index in [0.717, 1.165) is 30.6 Å². The van der Waals surface area contributed by atoms with Gasteiger partial charge in [-0.25, -0.2) is 0 Å². The molecule has 6 atom stereocenters.